The maximum atomic E-state index is 13.5. The van der Waals surface area contributed by atoms with Crippen molar-refractivity contribution in [3.05, 3.63) is 80.2 Å². The Morgan fingerprint density at radius 2 is 2.03 bits per heavy atom. The van der Waals surface area contributed by atoms with E-state index in [0.717, 1.165) is 24.0 Å². The summed E-state index contributed by atoms with van der Waals surface area (Å²) < 4.78 is 11.7. The van der Waals surface area contributed by atoms with Crippen LogP contribution in [0.4, 0.5) is 0 Å². The van der Waals surface area contributed by atoms with E-state index in [1.807, 2.05) is 31.2 Å². The highest BCUT2D eigenvalue weighted by molar-refractivity contribution is 6.30. The molecule has 3 aromatic rings. The van der Waals surface area contributed by atoms with Crippen molar-refractivity contribution in [2.45, 2.75) is 31.9 Å². The van der Waals surface area contributed by atoms with Gasteiger partial charge < -0.3 is 14.1 Å². The topological polar surface area (TPSA) is 59.8 Å². The third-order valence-electron chi connectivity index (χ3n) is 5.71. The smallest absolute Gasteiger partial charge is 0.291 e. The zero-order chi connectivity index (χ0) is 20.1. The van der Waals surface area contributed by atoms with Gasteiger partial charge in [-0.1, -0.05) is 35.4 Å². The fourth-order valence-corrected chi connectivity index (χ4v) is 4.55. The van der Waals surface area contributed by atoms with Gasteiger partial charge in [0.1, 0.15) is 5.58 Å². The molecule has 29 heavy (non-hydrogen) atoms. The number of hydrogen-bond acceptors (Lipinski definition) is 4. The van der Waals surface area contributed by atoms with E-state index in [4.69, 9.17) is 20.8 Å². The van der Waals surface area contributed by atoms with E-state index in [0.29, 0.717) is 34.7 Å². The molecule has 5 nitrogen and oxygen atoms in total. The van der Waals surface area contributed by atoms with Crippen molar-refractivity contribution in [2.24, 2.45) is 0 Å². The van der Waals surface area contributed by atoms with Crippen molar-refractivity contribution in [3.63, 3.8) is 0 Å². The Bertz CT molecular complexity index is 1180. The largest absolute Gasteiger partial charge is 0.450 e. The van der Waals surface area contributed by atoms with Gasteiger partial charge in [-0.25, -0.2) is 0 Å². The van der Waals surface area contributed by atoms with Crippen molar-refractivity contribution < 1.29 is 13.9 Å². The third kappa shape index (κ3) is 3.05. The lowest BCUT2D eigenvalue weighted by atomic mass is 9.98. The van der Waals surface area contributed by atoms with Crippen LogP contribution in [0.15, 0.2) is 51.7 Å². The minimum Gasteiger partial charge on any atom is -0.450 e. The fraction of sp³-hybridized carbons (Fsp3) is 0.304. The first kappa shape index (κ1) is 18.4. The van der Waals surface area contributed by atoms with Crippen LogP contribution in [-0.2, 0) is 4.74 Å². The number of hydrogen-bond donors (Lipinski definition) is 0. The maximum Gasteiger partial charge on any atom is 0.291 e. The Morgan fingerprint density at radius 3 is 2.79 bits per heavy atom. The number of amides is 1. The number of halogens is 1. The molecule has 1 aromatic heterocycles. The molecule has 5 rings (SSSR count). The molecule has 0 aliphatic carbocycles. The molecule has 0 N–H and O–H groups in total. The van der Waals surface area contributed by atoms with Crippen LogP contribution >= 0.6 is 11.6 Å². The Hall–Kier alpha value is -2.63. The SMILES string of the molecule is Cc1ccc2oc3c(c(=O)c2c1)[C@@H](c1cccc(Cl)c1)N(C[C@H]1CCCO1)C3=O. The van der Waals surface area contributed by atoms with E-state index in [-0.39, 0.29) is 23.2 Å². The number of carbonyl (C=O) groups is 1. The first-order chi connectivity index (χ1) is 14.0. The Kier molecular flexibility index (Phi) is 4.45. The van der Waals surface area contributed by atoms with Crippen LogP contribution in [0.2, 0.25) is 5.02 Å². The van der Waals surface area contributed by atoms with E-state index >= 15 is 0 Å². The summed E-state index contributed by atoms with van der Waals surface area (Å²) in [6, 6.07) is 12.2. The second kappa shape index (κ2) is 7.01. The predicted molar refractivity (Wildman–Crippen MR) is 111 cm³/mol. The van der Waals surface area contributed by atoms with Gasteiger partial charge in [-0.3, -0.25) is 9.59 Å². The zero-order valence-electron chi connectivity index (χ0n) is 16.0. The number of rotatable bonds is 3. The standard InChI is InChI=1S/C23H20ClNO4/c1-13-7-8-18-17(10-13)21(26)19-20(14-4-2-5-15(24)11-14)25(23(27)22(19)29-18)12-16-6-3-9-28-16/h2,4-5,7-8,10-11,16,20H,3,6,9,12H2,1H3/t16-,20-/m1/s1. The molecule has 6 heteroatoms. The Morgan fingerprint density at radius 1 is 1.17 bits per heavy atom. The lowest BCUT2D eigenvalue weighted by Gasteiger charge is -2.27. The molecule has 1 saturated heterocycles. The highest BCUT2D eigenvalue weighted by Gasteiger charge is 2.43. The maximum absolute atomic E-state index is 13.5. The average molecular weight is 410 g/mol. The highest BCUT2D eigenvalue weighted by atomic mass is 35.5. The molecular weight excluding hydrogens is 390 g/mol. The second-order valence-electron chi connectivity index (χ2n) is 7.72. The lowest BCUT2D eigenvalue weighted by molar-refractivity contribution is 0.0486. The summed E-state index contributed by atoms with van der Waals surface area (Å²) in [6.07, 6.45) is 1.83. The first-order valence-electron chi connectivity index (χ1n) is 9.78. The van der Waals surface area contributed by atoms with E-state index in [1.54, 1.807) is 23.1 Å². The quantitative estimate of drug-likeness (QED) is 0.640. The molecule has 148 valence electrons. The van der Waals surface area contributed by atoms with Gasteiger partial charge >= 0.3 is 0 Å². The van der Waals surface area contributed by atoms with Crippen molar-refractivity contribution in [1.29, 1.82) is 0 Å². The summed E-state index contributed by atoms with van der Waals surface area (Å²) in [5, 5.41) is 1.05. The summed E-state index contributed by atoms with van der Waals surface area (Å²) in [6.45, 7) is 3.03. The molecule has 1 amide bonds. The number of ether oxygens (including phenoxy) is 1. The van der Waals surface area contributed by atoms with Crippen LogP contribution < -0.4 is 5.43 Å². The number of nitrogens with zero attached hydrogens (tertiary/aromatic N) is 1. The predicted octanol–water partition coefficient (Wildman–Crippen LogP) is 4.48. The van der Waals surface area contributed by atoms with E-state index in [1.165, 1.54) is 0 Å². The minimum atomic E-state index is -0.540. The molecule has 3 heterocycles. The van der Waals surface area contributed by atoms with E-state index < -0.39 is 6.04 Å². The monoisotopic (exact) mass is 409 g/mol. The molecule has 0 radical (unpaired) electrons. The van der Waals surface area contributed by atoms with Crippen molar-refractivity contribution >= 4 is 28.5 Å². The third-order valence-corrected chi connectivity index (χ3v) is 5.95. The van der Waals surface area contributed by atoms with Crippen LogP contribution in [0.3, 0.4) is 0 Å². The van der Waals surface area contributed by atoms with Gasteiger partial charge in [-0.2, -0.15) is 0 Å². The minimum absolute atomic E-state index is 0.0401. The summed E-state index contributed by atoms with van der Waals surface area (Å²) in [5.41, 5.74) is 2.40. The van der Waals surface area contributed by atoms with Crippen LogP contribution in [0.1, 0.15) is 46.1 Å². The van der Waals surface area contributed by atoms with Gasteiger partial charge in [-0.15, -0.1) is 0 Å². The van der Waals surface area contributed by atoms with Crippen LogP contribution in [0.25, 0.3) is 11.0 Å². The van der Waals surface area contributed by atoms with Gasteiger partial charge in [0.15, 0.2) is 5.43 Å². The molecule has 1 fully saturated rings. The van der Waals surface area contributed by atoms with Gasteiger partial charge in [0.2, 0.25) is 5.76 Å². The van der Waals surface area contributed by atoms with Crippen molar-refractivity contribution in [1.82, 2.24) is 4.90 Å². The van der Waals surface area contributed by atoms with Crippen molar-refractivity contribution in [3.8, 4) is 0 Å². The van der Waals surface area contributed by atoms with E-state index in [9.17, 15) is 9.59 Å². The van der Waals surface area contributed by atoms with Gasteiger partial charge in [0.25, 0.3) is 5.91 Å². The Balaban J connectivity index is 1.72. The molecule has 2 aliphatic heterocycles. The first-order valence-corrected chi connectivity index (χ1v) is 10.2. The fourth-order valence-electron chi connectivity index (χ4n) is 4.35. The Labute approximate surface area is 172 Å². The van der Waals surface area contributed by atoms with E-state index in [2.05, 4.69) is 0 Å². The molecule has 0 unspecified atom stereocenters. The summed E-state index contributed by atoms with van der Waals surface area (Å²) in [4.78, 5) is 28.5. The van der Waals surface area contributed by atoms with Gasteiger partial charge in [0, 0.05) is 18.2 Å². The van der Waals surface area contributed by atoms with Gasteiger partial charge in [-0.05, 0) is 49.6 Å². The molecule has 0 spiro atoms. The van der Waals surface area contributed by atoms with Crippen LogP contribution in [0.5, 0.6) is 0 Å². The number of fused-ring (bicyclic) bond motifs is 2. The number of benzene rings is 2. The molecule has 2 aromatic carbocycles. The molecule has 0 saturated carbocycles. The van der Waals surface area contributed by atoms with Gasteiger partial charge in [0.05, 0.1) is 23.1 Å². The highest BCUT2D eigenvalue weighted by Crippen LogP contribution is 2.39. The number of aryl methyl sites for hydroxylation is 1. The molecular formula is C23H20ClNO4. The van der Waals surface area contributed by atoms with Crippen LogP contribution in [-0.4, -0.2) is 30.1 Å². The van der Waals surface area contributed by atoms with Crippen molar-refractivity contribution in [2.75, 3.05) is 13.2 Å². The molecule has 2 atom stereocenters. The molecule has 0 bridgehead atoms. The summed E-state index contributed by atoms with van der Waals surface area (Å²) in [5.74, 6) is -0.158. The number of carbonyl (C=O) groups excluding carboxylic acids is 1. The zero-order valence-corrected chi connectivity index (χ0v) is 16.7. The van der Waals surface area contributed by atoms with Crippen LogP contribution in [0, 0.1) is 6.92 Å². The normalized spacial score (nSPS) is 21.2. The summed E-state index contributed by atoms with van der Waals surface area (Å²) >= 11 is 6.23. The average Bonchev–Trinajstić information content (AvgIpc) is 3.31. The lowest BCUT2D eigenvalue weighted by Crippen LogP contribution is -2.36. The second-order valence-corrected chi connectivity index (χ2v) is 8.16. The summed E-state index contributed by atoms with van der Waals surface area (Å²) in [7, 11) is 0. The molecule has 2 aliphatic rings.